The van der Waals surface area contributed by atoms with Crippen molar-refractivity contribution >= 4 is 40.3 Å². The van der Waals surface area contributed by atoms with Crippen molar-refractivity contribution < 1.29 is 14.0 Å². The van der Waals surface area contributed by atoms with E-state index in [1.807, 2.05) is 12.3 Å². The monoisotopic (exact) mass is 310 g/mol. The molecule has 0 saturated carbocycles. The number of aryl methyl sites for hydroxylation is 1. The Morgan fingerprint density at radius 3 is 2.80 bits per heavy atom. The first-order valence-corrected chi connectivity index (χ1v) is 7.00. The Balaban J connectivity index is 2.08. The zero-order valence-electron chi connectivity index (χ0n) is 10.3. The molecule has 2 heterocycles. The molecule has 0 atom stereocenters. The van der Waals surface area contributed by atoms with E-state index in [1.54, 1.807) is 0 Å². The Hall–Kier alpha value is -1.79. The van der Waals surface area contributed by atoms with Crippen molar-refractivity contribution in [1.29, 1.82) is 0 Å². The lowest BCUT2D eigenvalue weighted by Crippen LogP contribution is -2.29. The molecular formula is C13H8ClFN2O2S. The van der Waals surface area contributed by atoms with Crippen molar-refractivity contribution in [2.24, 2.45) is 0 Å². The van der Waals surface area contributed by atoms with Crippen LogP contribution in [0, 0.1) is 12.7 Å². The van der Waals surface area contributed by atoms with Gasteiger partial charge in [-0.15, -0.1) is 11.3 Å². The average molecular weight is 311 g/mol. The molecular weight excluding hydrogens is 303 g/mol. The fraction of sp³-hybridized carbons (Fsp3) is 0.154. The maximum Gasteiger partial charge on any atom is 0.300 e. The highest BCUT2D eigenvalue weighted by atomic mass is 35.5. The van der Waals surface area contributed by atoms with Crippen LogP contribution >= 0.6 is 22.9 Å². The Morgan fingerprint density at radius 2 is 2.15 bits per heavy atom. The Kier molecular flexibility index (Phi) is 3.07. The van der Waals surface area contributed by atoms with Crippen LogP contribution in [0.4, 0.5) is 10.1 Å². The maximum atomic E-state index is 14.0. The molecule has 0 aliphatic carbocycles. The number of amides is 1. The normalized spacial score (nSPS) is 14.1. The van der Waals surface area contributed by atoms with Crippen LogP contribution in [0.5, 0.6) is 0 Å². The lowest BCUT2D eigenvalue weighted by Gasteiger charge is -2.15. The predicted molar refractivity (Wildman–Crippen MR) is 73.8 cm³/mol. The summed E-state index contributed by atoms with van der Waals surface area (Å²) in [5.41, 5.74) is 0.694. The van der Waals surface area contributed by atoms with Gasteiger partial charge >= 0.3 is 0 Å². The number of anilines is 1. The summed E-state index contributed by atoms with van der Waals surface area (Å²) in [6, 6.07) is 2.42. The van der Waals surface area contributed by atoms with Crippen molar-refractivity contribution in [3.05, 3.63) is 44.6 Å². The number of benzene rings is 1. The highest BCUT2D eigenvalue weighted by Gasteiger charge is 2.40. The smallest absolute Gasteiger partial charge is 0.295 e. The van der Waals surface area contributed by atoms with Gasteiger partial charge in [0.1, 0.15) is 10.8 Å². The van der Waals surface area contributed by atoms with Gasteiger partial charge in [0.2, 0.25) is 0 Å². The van der Waals surface area contributed by atoms with E-state index in [-0.39, 0.29) is 22.8 Å². The van der Waals surface area contributed by atoms with E-state index in [4.69, 9.17) is 11.6 Å². The minimum atomic E-state index is -0.780. The summed E-state index contributed by atoms with van der Waals surface area (Å²) in [7, 11) is 0. The first kappa shape index (κ1) is 13.2. The second kappa shape index (κ2) is 4.64. The molecule has 1 aliphatic rings. The highest BCUT2D eigenvalue weighted by Crippen LogP contribution is 2.37. The summed E-state index contributed by atoms with van der Waals surface area (Å²) in [5.74, 6) is -2.20. The summed E-state index contributed by atoms with van der Waals surface area (Å²) in [6.07, 6.45) is 0. The number of carbonyl (C=O) groups excluding carboxylic acids is 2. The second-order valence-electron chi connectivity index (χ2n) is 4.36. The third-order valence-corrected chi connectivity index (χ3v) is 4.24. The molecule has 0 radical (unpaired) electrons. The quantitative estimate of drug-likeness (QED) is 0.801. The van der Waals surface area contributed by atoms with Crippen LogP contribution in [-0.4, -0.2) is 16.7 Å². The molecule has 102 valence electrons. The molecule has 0 N–H and O–H groups in total. The second-order valence-corrected chi connectivity index (χ2v) is 5.71. The third kappa shape index (κ3) is 1.92. The van der Waals surface area contributed by atoms with E-state index in [9.17, 15) is 14.0 Å². The number of aromatic nitrogens is 1. The van der Waals surface area contributed by atoms with Crippen LogP contribution in [0.25, 0.3) is 0 Å². The van der Waals surface area contributed by atoms with Gasteiger partial charge in [0.25, 0.3) is 11.7 Å². The van der Waals surface area contributed by atoms with E-state index in [0.29, 0.717) is 5.01 Å². The number of thiazole rings is 1. The molecule has 0 saturated heterocycles. The molecule has 4 nitrogen and oxygen atoms in total. The van der Waals surface area contributed by atoms with Crippen LogP contribution in [0.2, 0.25) is 5.02 Å². The number of carbonyl (C=O) groups is 2. The molecule has 1 amide bonds. The molecule has 0 bridgehead atoms. The number of halogens is 2. The summed E-state index contributed by atoms with van der Waals surface area (Å²) in [5, 5.41) is 2.54. The molecule has 2 aromatic rings. The fourth-order valence-electron chi connectivity index (χ4n) is 2.11. The van der Waals surface area contributed by atoms with Crippen molar-refractivity contribution in [3.8, 4) is 0 Å². The summed E-state index contributed by atoms with van der Waals surface area (Å²) < 4.78 is 14.0. The number of ketones is 1. The van der Waals surface area contributed by atoms with E-state index in [2.05, 4.69) is 4.98 Å². The lowest BCUT2D eigenvalue weighted by molar-refractivity contribution is -0.114. The van der Waals surface area contributed by atoms with Gasteiger partial charge < -0.3 is 0 Å². The van der Waals surface area contributed by atoms with Gasteiger partial charge in [0.05, 0.1) is 22.8 Å². The Labute approximate surface area is 122 Å². The van der Waals surface area contributed by atoms with Gasteiger partial charge in [0, 0.05) is 11.1 Å². The number of Topliss-reactive ketones (excluding diaryl/α,β-unsaturated/α-hetero) is 1. The van der Waals surface area contributed by atoms with Crippen molar-refractivity contribution in [2.45, 2.75) is 13.5 Å². The predicted octanol–water partition coefficient (Wildman–Crippen LogP) is 2.97. The summed E-state index contributed by atoms with van der Waals surface area (Å²) in [4.78, 5) is 29.2. The lowest BCUT2D eigenvalue weighted by atomic mass is 10.1. The molecule has 0 fully saturated rings. The molecule has 1 aromatic heterocycles. The Bertz CT molecular complexity index is 744. The first-order valence-electron chi connectivity index (χ1n) is 5.74. The standard InChI is InChI=1S/C13H8ClFN2O2S/c1-6-5-20-9(16-6)4-17-11-8(15)3-2-7(14)10(11)12(18)13(17)19/h2-3,5H,4H2,1H3. The minimum Gasteiger partial charge on any atom is -0.295 e. The van der Waals surface area contributed by atoms with Gasteiger partial charge in [-0.3, -0.25) is 14.5 Å². The van der Waals surface area contributed by atoms with Crippen LogP contribution in [0.1, 0.15) is 21.1 Å². The molecule has 20 heavy (non-hydrogen) atoms. The van der Waals surface area contributed by atoms with Crippen molar-refractivity contribution in [1.82, 2.24) is 4.98 Å². The topological polar surface area (TPSA) is 50.3 Å². The van der Waals surface area contributed by atoms with E-state index >= 15 is 0 Å². The first-order chi connectivity index (χ1) is 9.49. The van der Waals surface area contributed by atoms with Gasteiger partial charge in [0.15, 0.2) is 0 Å². The molecule has 3 rings (SSSR count). The van der Waals surface area contributed by atoms with Gasteiger partial charge in [-0.1, -0.05) is 11.6 Å². The largest absolute Gasteiger partial charge is 0.300 e. The van der Waals surface area contributed by atoms with E-state index in [0.717, 1.165) is 16.7 Å². The molecule has 0 spiro atoms. The maximum absolute atomic E-state index is 14.0. The number of hydrogen-bond acceptors (Lipinski definition) is 4. The van der Waals surface area contributed by atoms with Crippen molar-refractivity contribution in [3.63, 3.8) is 0 Å². The zero-order valence-corrected chi connectivity index (χ0v) is 11.9. The zero-order chi connectivity index (χ0) is 14.4. The minimum absolute atomic E-state index is 0.0552. The number of rotatable bonds is 2. The average Bonchev–Trinajstić information content (AvgIpc) is 2.92. The van der Waals surface area contributed by atoms with E-state index in [1.165, 1.54) is 17.4 Å². The van der Waals surface area contributed by atoms with Crippen molar-refractivity contribution in [2.75, 3.05) is 4.90 Å². The van der Waals surface area contributed by atoms with Gasteiger partial charge in [-0.05, 0) is 19.1 Å². The molecule has 0 unspecified atom stereocenters. The van der Waals surface area contributed by atoms with Crippen LogP contribution < -0.4 is 4.90 Å². The van der Waals surface area contributed by atoms with E-state index < -0.39 is 17.5 Å². The Morgan fingerprint density at radius 1 is 1.40 bits per heavy atom. The number of fused-ring (bicyclic) bond motifs is 1. The number of hydrogen-bond donors (Lipinski definition) is 0. The van der Waals surface area contributed by atoms with Crippen LogP contribution in [0.3, 0.4) is 0 Å². The number of nitrogens with zero attached hydrogens (tertiary/aromatic N) is 2. The SMILES string of the molecule is Cc1csc(CN2C(=O)C(=O)c3c(Cl)ccc(F)c32)n1. The molecule has 1 aliphatic heterocycles. The fourth-order valence-corrected chi connectivity index (χ4v) is 3.11. The van der Waals surface area contributed by atoms with Gasteiger partial charge in [-0.2, -0.15) is 0 Å². The van der Waals surface area contributed by atoms with Crippen LogP contribution in [0.15, 0.2) is 17.5 Å². The highest BCUT2D eigenvalue weighted by molar-refractivity contribution is 7.09. The summed E-state index contributed by atoms with van der Waals surface area (Å²) in [6.45, 7) is 1.88. The third-order valence-electron chi connectivity index (χ3n) is 2.97. The molecule has 1 aromatic carbocycles. The van der Waals surface area contributed by atoms with Crippen LogP contribution in [-0.2, 0) is 11.3 Å². The van der Waals surface area contributed by atoms with Gasteiger partial charge in [-0.25, -0.2) is 9.37 Å². The molecule has 7 heteroatoms. The summed E-state index contributed by atoms with van der Waals surface area (Å²) >= 11 is 7.25.